The van der Waals surface area contributed by atoms with Crippen molar-refractivity contribution < 1.29 is 9.26 Å². The smallest absolute Gasteiger partial charge is 0.175 e. The largest absolute Gasteiger partial charge is 0.381 e. The van der Waals surface area contributed by atoms with Crippen molar-refractivity contribution in [3.63, 3.8) is 0 Å². The van der Waals surface area contributed by atoms with Crippen LogP contribution < -0.4 is 5.73 Å². The molecule has 0 aliphatic carbocycles. The molecule has 2 aromatic rings. The van der Waals surface area contributed by atoms with E-state index in [1.807, 2.05) is 19.1 Å². The molecule has 90 valence electrons. The van der Waals surface area contributed by atoms with Gasteiger partial charge >= 0.3 is 0 Å². The molecule has 0 saturated carbocycles. The molecule has 0 fully saturated rings. The number of hydrogen-bond acceptors (Lipinski definition) is 5. The molecule has 0 aliphatic rings. The van der Waals surface area contributed by atoms with Crippen molar-refractivity contribution in [1.29, 1.82) is 0 Å². The minimum Gasteiger partial charge on any atom is -0.381 e. The zero-order valence-corrected chi connectivity index (χ0v) is 9.72. The molecule has 0 atom stereocenters. The van der Waals surface area contributed by atoms with Gasteiger partial charge in [-0.2, -0.15) is 0 Å². The summed E-state index contributed by atoms with van der Waals surface area (Å²) in [5, 5.41) is 3.80. The number of hydrogen-bond donors (Lipinski definition) is 1. The quantitative estimate of drug-likeness (QED) is 0.798. The van der Waals surface area contributed by atoms with Crippen LogP contribution in [-0.2, 0) is 11.2 Å². The molecule has 0 unspecified atom stereocenters. The lowest BCUT2D eigenvalue weighted by molar-refractivity contribution is 0.145. The Bertz CT molecular complexity index is 468. The molecule has 17 heavy (non-hydrogen) atoms. The van der Waals surface area contributed by atoms with Gasteiger partial charge in [-0.1, -0.05) is 5.16 Å². The van der Waals surface area contributed by atoms with Gasteiger partial charge in [-0.05, 0) is 24.6 Å². The molecular formula is C12H15N3O2. The van der Waals surface area contributed by atoms with Gasteiger partial charge in [0.15, 0.2) is 5.82 Å². The normalized spacial score (nSPS) is 10.6. The Morgan fingerprint density at radius 1 is 1.35 bits per heavy atom. The van der Waals surface area contributed by atoms with E-state index in [4.69, 9.17) is 15.0 Å². The summed E-state index contributed by atoms with van der Waals surface area (Å²) < 4.78 is 10.5. The highest BCUT2D eigenvalue weighted by molar-refractivity contribution is 5.75. The average molecular weight is 233 g/mol. The Labute approximate surface area is 99.6 Å². The standard InChI is InChI=1S/C12H15N3O2/c1-2-16-8-5-10-11(12(13)15-17-10)9-3-6-14-7-4-9/h3-4,6-7H,2,5,8H2,1H3,(H2,13,15). The predicted octanol–water partition coefficient (Wildman–Crippen LogP) is 1.90. The number of ether oxygens (including phenoxy) is 1. The first-order valence-electron chi connectivity index (χ1n) is 5.55. The van der Waals surface area contributed by atoms with E-state index in [1.54, 1.807) is 12.4 Å². The van der Waals surface area contributed by atoms with Gasteiger partial charge in [-0.15, -0.1) is 0 Å². The molecule has 0 amide bonds. The molecule has 2 heterocycles. The molecule has 0 aromatic carbocycles. The van der Waals surface area contributed by atoms with Gasteiger partial charge in [0.2, 0.25) is 0 Å². The van der Waals surface area contributed by atoms with Crippen molar-refractivity contribution in [2.24, 2.45) is 0 Å². The highest BCUT2D eigenvalue weighted by Gasteiger charge is 2.15. The minimum absolute atomic E-state index is 0.405. The first kappa shape index (κ1) is 11.6. The van der Waals surface area contributed by atoms with Gasteiger partial charge in [0.1, 0.15) is 5.76 Å². The van der Waals surface area contributed by atoms with Crippen LogP contribution in [0.2, 0.25) is 0 Å². The fourth-order valence-corrected chi connectivity index (χ4v) is 1.65. The minimum atomic E-state index is 0.405. The predicted molar refractivity (Wildman–Crippen MR) is 64.3 cm³/mol. The van der Waals surface area contributed by atoms with Crippen molar-refractivity contribution >= 4 is 5.82 Å². The van der Waals surface area contributed by atoms with E-state index < -0.39 is 0 Å². The Morgan fingerprint density at radius 3 is 2.82 bits per heavy atom. The van der Waals surface area contributed by atoms with Gasteiger partial charge in [0.05, 0.1) is 12.2 Å². The highest BCUT2D eigenvalue weighted by Crippen LogP contribution is 2.29. The zero-order valence-electron chi connectivity index (χ0n) is 9.72. The number of rotatable bonds is 5. The van der Waals surface area contributed by atoms with Crippen molar-refractivity contribution in [3.8, 4) is 11.1 Å². The van der Waals surface area contributed by atoms with Crippen molar-refractivity contribution in [1.82, 2.24) is 10.1 Å². The van der Waals surface area contributed by atoms with Crippen LogP contribution in [0.3, 0.4) is 0 Å². The number of nitrogen functional groups attached to an aromatic ring is 1. The summed E-state index contributed by atoms with van der Waals surface area (Å²) >= 11 is 0. The van der Waals surface area contributed by atoms with Gasteiger partial charge < -0.3 is 15.0 Å². The maximum absolute atomic E-state index is 5.81. The van der Waals surface area contributed by atoms with E-state index in [9.17, 15) is 0 Å². The first-order chi connectivity index (χ1) is 8.33. The molecule has 5 heteroatoms. The van der Waals surface area contributed by atoms with Gasteiger partial charge in [-0.3, -0.25) is 4.98 Å². The molecule has 0 saturated heterocycles. The maximum Gasteiger partial charge on any atom is 0.175 e. The van der Waals surface area contributed by atoms with E-state index in [-0.39, 0.29) is 0 Å². The van der Waals surface area contributed by atoms with E-state index in [1.165, 1.54) is 0 Å². The van der Waals surface area contributed by atoms with Crippen LogP contribution in [0.1, 0.15) is 12.7 Å². The Hall–Kier alpha value is -1.88. The number of aromatic nitrogens is 2. The second kappa shape index (κ2) is 5.45. The summed E-state index contributed by atoms with van der Waals surface area (Å²) in [6.45, 7) is 3.25. The van der Waals surface area contributed by atoms with Crippen LogP contribution in [0, 0.1) is 0 Å². The molecule has 5 nitrogen and oxygen atoms in total. The van der Waals surface area contributed by atoms with Crippen LogP contribution in [-0.4, -0.2) is 23.4 Å². The molecule has 2 aromatic heterocycles. The second-order valence-electron chi connectivity index (χ2n) is 3.55. The summed E-state index contributed by atoms with van der Waals surface area (Å²) in [4.78, 5) is 3.97. The number of nitrogens with two attached hydrogens (primary N) is 1. The first-order valence-corrected chi connectivity index (χ1v) is 5.55. The van der Waals surface area contributed by atoms with E-state index in [2.05, 4.69) is 10.1 Å². The summed E-state index contributed by atoms with van der Waals surface area (Å²) in [7, 11) is 0. The Balaban J connectivity index is 2.24. The van der Waals surface area contributed by atoms with Gasteiger partial charge in [0, 0.05) is 25.4 Å². The van der Waals surface area contributed by atoms with Gasteiger partial charge in [-0.25, -0.2) is 0 Å². The molecule has 0 radical (unpaired) electrons. The highest BCUT2D eigenvalue weighted by atomic mass is 16.5. The molecule has 2 rings (SSSR count). The number of pyridine rings is 1. The zero-order chi connectivity index (χ0) is 12.1. The second-order valence-corrected chi connectivity index (χ2v) is 3.55. The van der Waals surface area contributed by atoms with Crippen LogP contribution in [0.15, 0.2) is 29.0 Å². The third-order valence-corrected chi connectivity index (χ3v) is 2.44. The third-order valence-electron chi connectivity index (χ3n) is 2.44. The Morgan fingerprint density at radius 2 is 2.12 bits per heavy atom. The summed E-state index contributed by atoms with van der Waals surface area (Å²) in [6, 6.07) is 3.76. The van der Waals surface area contributed by atoms with E-state index in [0.717, 1.165) is 16.9 Å². The van der Waals surface area contributed by atoms with Gasteiger partial charge in [0.25, 0.3) is 0 Å². The summed E-state index contributed by atoms with van der Waals surface area (Å²) in [5.74, 6) is 1.16. The van der Waals surface area contributed by atoms with Crippen LogP contribution in [0.4, 0.5) is 5.82 Å². The maximum atomic E-state index is 5.81. The van der Waals surface area contributed by atoms with Crippen LogP contribution >= 0.6 is 0 Å². The summed E-state index contributed by atoms with van der Waals surface area (Å²) in [5.41, 5.74) is 7.61. The lowest BCUT2D eigenvalue weighted by Crippen LogP contribution is -1.98. The fraction of sp³-hybridized carbons (Fsp3) is 0.333. The van der Waals surface area contributed by atoms with Crippen molar-refractivity contribution in [3.05, 3.63) is 30.3 Å². The molecule has 0 bridgehead atoms. The summed E-state index contributed by atoms with van der Waals surface area (Å²) in [6.07, 6.45) is 4.10. The average Bonchev–Trinajstić information content (AvgIpc) is 2.72. The molecule has 0 spiro atoms. The lowest BCUT2D eigenvalue weighted by atomic mass is 10.1. The SMILES string of the molecule is CCOCCc1onc(N)c1-c1ccncc1. The van der Waals surface area contributed by atoms with Crippen molar-refractivity contribution in [2.75, 3.05) is 18.9 Å². The number of nitrogens with zero attached hydrogens (tertiary/aromatic N) is 2. The van der Waals surface area contributed by atoms with Crippen molar-refractivity contribution in [2.45, 2.75) is 13.3 Å². The van der Waals surface area contributed by atoms with E-state index >= 15 is 0 Å². The monoisotopic (exact) mass is 233 g/mol. The fourth-order valence-electron chi connectivity index (χ4n) is 1.65. The van der Waals surface area contributed by atoms with E-state index in [0.29, 0.717) is 25.5 Å². The Kier molecular flexibility index (Phi) is 3.72. The van der Waals surface area contributed by atoms with Crippen LogP contribution in [0.25, 0.3) is 11.1 Å². The molecular weight excluding hydrogens is 218 g/mol. The topological polar surface area (TPSA) is 74.2 Å². The number of anilines is 1. The third kappa shape index (κ3) is 2.62. The molecule has 0 aliphatic heterocycles. The lowest BCUT2D eigenvalue weighted by Gasteiger charge is -2.02. The van der Waals surface area contributed by atoms with Crippen LogP contribution in [0.5, 0.6) is 0 Å². The molecule has 2 N–H and O–H groups in total.